The average Bonchev–Trinajstić information content (AvgIpc) is 2.36. The molecule has 0 saturated carbocycles. The van der Waals surface area contributed by atoms with Crippen LogP contribution in [0, 0.1) is 5.41 Å². The normalized spacial score (nSPS) is 14.9. The van der Waals surface area contributed by atoms with Gasteiger partial charge in [-0.2, -0.15) is 0 Å². The number of rotatable bonds is 5. The van der Waals surface area contributed by atoms with E-state index < -0.39 is 23.7 Å². The van der Waals surface area contributed by atoms with Crippen molar-refractivity contribution >= 4 is 5.97 Å². The molecule has 0 amide bonds. The van der Waals surface area contributed by atoms with Crippen molar-refractivity contribution in [3.63, 3.8) is 0 Å². The molecule has 0 fully saturated rings. The van der Waals surface area contributed by atoms with E-state index in [1.807, 2.05) is 30.3 Å². The topological polar surface area (TPSA) is 46.5 Å². The molecule has 1 unspecified atom stereocenters. The number of alkyl halides is 1. The fourth-order valence-corrected chi connectivity index (χ4v) is 1.27. The van der Waals surface area contributed by atoms with Crippen molar-refractivity contribution in [3.8, 4) is 0 Å². The van der Waals surface area contributed by atoms with Crippen LogP contribution in [0.3, 0.4) is 0 Å². The lowest BCUT2D eigenvalue weighted by Crippen LogP contribution is -2.50. The van der Waals surface area contributed by atoms with E-state index in [9.17, 15) is 14.3 Å². The van der Waals surface area contributed by atoms with Gasteiger partial charge in [-0.3, -0.25) is 4.39 Å². The van der Waals surface area contributed by atoms with Gasteiger partial charge in [0, 0.05) is 5.41 Å². The second-order valence-electron chi connectivity index (χ2n) is 5.15. The number of hydrogen-bond acceptors (Lipinski definition) is 3. The van der Waals surface area contributed by atoms with Crippen molar-refractivity contribution < 1.29 is 19.0 Å². The zero-order valence-electron chi connectivity index (χ0n) is 10.9. The van der Waals surface area contributed by atoms with Gasteiger partial charge < -0.3 is 9.84 Å². The number of hydrogen-bond donors (Lipinski definition) is 1. The molecule has 1 N–H and O–H groups in total. The Bertz CT molecular complexity index is 399. The van der Waals surface area contributed by atoms with Gasteiger partial charge in [-0.1, -0.05) is 44.2 Å². The number of aliphatic hydroxyl groups is 1. The number of ether oxygens (including phenoxy) is 1. The van der Waals surface area contributed by atoms with Gasteiger partial charge in [-0.25, -0.2) is 4.79 Å². The molecule has 0 aliphatic heterocycles. The molecule has 1 aromatic carbocycles. The Morgan fingerprint density at radius 1 is 1.28 bits per heavy atom. The molecule has 100 valence electrons. The van der Waals surface area contributed by atoms with Crippen LogP contribution >= 0.6 is 0 Å². The van der Waals surface area contributed by atoms with E-state index >= 15 is 0 Å². The Kier molecular flexibility index (Phi) is 4.46. The van der Waals surface area contributed by atoms with Crippen LogP contribution in [0.15, 0.2) is 30.3 Å². The van der Waals surface area contributed by atoms with Crippen molar-refractivity contribution in [1.29, 1.82) is 0 Å². The van der Waals surface area contributed by atoms with Crippen LogP contribution in [0.25, 0.3) is 0 Å². The molecule has 0 aromatic heterocycles. The number of esters is 1. The number of carbonyl (C=O) groups is 1. The summed E-state index contributed by atoms with van der Waals surface area (Å²) in [6.45, 7) is 3.51. The lowest BCUT2D eigenvalue weighted by molar-refractivity contribution is -0.179. The second kappa shape index (κ2) is 5.48. The molecule has 1 atom stereocenters. The van der Waals surface area contributed by atoms with Crippen LogP contribution in [0.5, 0.6) is 0 Å². The summed E-state index contributed by atoms with van der Waals surface area (Å²) in [5.74, 6) is -0.811. The Labute approximate surface area is 107 Å². The zero-order chi connectivity index (χ0) is 13.8. The van der Waals surface area contributed by atoms with Crippen LogP contribution in [-0.4, -0.2) is 23.4 Å². The van der Waals surface area contributed by atoms with Gasteiger partial charge in [-0.05, 0) is 12.5 Å². The summed E-state index contributed by atoms with van der Waals surface area (Å²) >= 11 is 0. The highest BCUT2D eigenvalue weighted by molar-refractivity contribution is 5.79. The summed E-state index contributed by atoms with van der Waals surface area (Å²) in [6, 6.07) is 9.12. The Hall–Kier alpha value is -1.42. The number of halogens is 1. The second-order valence-corrected chi connectivity index (χ2v) is 5.15. The first kappa shape index (κ1) is 14.6. The quantitative estimate of drug-likeness (QED) is 0.821. The molecule has 0 aliphatic rings. The van der Waals surface area contributed by atoms with Gasteiger partial charge in [0.2, 0.25) is 0 Å². The molecule has 4 heteroatoms. The summed E-state index contributed by atoms with van der Waals surface area (Å²) in [6.07, 6.45) is 0. The van der Waals surface area contributed by atoms with Gasteiger partial charge in [-0.15, -0.1) is 0 Å². The Balaban J connectivity index is 2.66. The smallest absolute Gasteiger partial charge is 0.338 e. The predicted octanol–water partition coefficient (Wildman–Crippen LogP) is 2.48. The fraction of sp³-hybridized carbons (Fsp3) is 0.500. The van der Waals surface area contributed by atoms with E-state index in [1.54, 1.807) is 0 Å². The molecular formula is C14H19FO3. The molecular weight excluding hydrogens is 235 g/mol. The summed E-state index contributed by atoms with van der Waals surface area (Å²) < 4.78 is 17.8. The van der Waals surface area contributed by atoms with Crippen molar-refractivity contribution in [2.24, 2.45) is 5.41 Å². The minimum atomic E-state index is -1.85. The SMILES string of the molecule is CC(C)(CF)C(C)(O)C(=O)OCc1ccccc1. The van der Waals surface area contributed by atoms with E-state index in [0.29, 0.717) is 0 Å². The first-order valence-corrected chi connectivity index (χ1v) is 5.81. The van der Waals surface area contributed by atoms with Crippen LogP contribution in [0.1, 0.15) is 26.3 Å². The van der Waals surface area contributed by atoms with Gasteiger partial charge in [0.15, 0.2) is 5.60 Å². The fourth-order valence-electron chi connectivity index (χ4n) is 1.27. The van der Waals surface area contributed by atoms with Crippen molar-refractivity contribution in [2.75, 3.05) is 6.67 Å². The maximum absolute atomic E-state index is 12.8. The van der Waals surface area contributed by atoms with Gasteiger partial charge >= 0.3 is 5.97 Å². The summed E-state index contributed by atoms with van der Waals surface area (Å²) in [5.41, 5.74) is -2.21. The standard InChI is InChI=1S/C14H19FO3/c1-13(2,10-15)14(3,17)12(16)18-9-11-7-5-4-6-8-11/h4-8,17H,9-10H2,1-3H3. The predicted molar refractivity (Wildman–Crippen MR) is 66.6 cm³/mol. The first-order valence-electron chi connectivity index (χ1n) is 5.81. The minimum absolute atomic E-state index is 0.0676. The molecule has 18 heavy (non-hydrogen) atoms. The highest BCUT2D eigenvalue weighted by atomic mass is 19.1. The lowest BCUT2D eigenvalue weighted by Gasteiger charge is -2.35. The molecule has 1 aromatic rings. The molecule has 0 aliphatic carbocycles. The molecule has 3 nitrogen and oxygen atoms in total. The van der Waals surface area contributed by atoms with Crippen LogP contribution in [0.4, 0.5) is 4.39 Å². The maximum atomic E-state index is 12.8. The number of carbonyl (C=O) groups excluding carboxylic acids is 1. The van der Waals surface area contributed by atoms with Crippen LogP contribution < -0.4 is 0 Å². The van der Waals surface area contributed by atoms with E-state index in [4.69, 9.17) is 4.74 Å². The number of benzene rings is 1. The molecule has 0 saturated heterocycles. The van der Waals surface area contributed by atoms with Crippen molar-refractivity contribution in [1.82, 2.24) is 0 Å². The first-order chi connectivity index (χ1) is 8.31. The van der Waals surface area contributed by atoms with Gasteiger partial charge in [0.25, 0.3) is 0 Å². The van der Waals surface area contributed by atoms with Crippen LogP contribution in [-0.2, 0) is 16.1 Å². The molecule has 0 radical (unpaired) electrons. The van der Waals surface area contributed by atoms with E-state index in [2.05, 4.69) is 0 Å². The summed E-state index contributed by atoms with van der Waals surface area (Å²) in [4.78, 5) is 11.8. The van der Waals surface area contributed by atoms with Crippen LogP contribution in [0.2, 0.25) is 0 Å². The largest absolute Gasteiger partial charge is 0.459 e. The van der Waals surface area contributed by atoms with Crippen molar-refractivity contribution in [2.45, 2.75) is 33.0 Å². The molecule has 0 heterocycles. The average molecular weight is 254 g/mol. The highest BCUT2D eigenvalue weighted by Gasteiger charge is 2.47. The Morgan fingerprint density at radius 3 is 2.33 bits per heavy atom. The molecule has 0 spiro atoms. The highest BCUT2D eigenvalue weighted by Crippen LogP contribution is 2.32. The third kappa shape index (κ3) is 3.07. The molecule has 0 bridgehead atoms. The third-order valence-corrected chi connectivity index (χ3v) is 3.26. The molecule has 1 rings (SSSR count). The summed E-state index contributed by atoms with van der Waals surface area (Å²) in [5, 5.41) is 10.1. The minimum Gasteiger partial charge on any atom is -0.459 e. The van der Waals surface area contributed by atoms with Gasteiger partial charge in [0.05, 0.1) is 6.67 Å². The lowest BCUT2D eigenvalue weighted by atomic mass is 9.77. The summed E-state index contributed by atoms with van der Waals surface area (Å²) in [7, 11) is 0. The van der Waals surface area contributed by atoms with E-state index in [0.717, 1.165) is 5.56 Å². The third-order valence-electron chi connectivity index (χ3n) is 3.26. The maximum Gasteiger partial charge on any atom is 0.338 e. The van der Waals surface area contributed by atoms with E-state index in [1.165, 1.54) is 20.8 Å². The Morgan fingerprint density at radius 2 is 1.83 bits per heavy atom. The van der Waals surface area contributed by atoms with Gasteiger partial charge in [0.1, 0.15) is 6.61 Å². The zero-order valence-corrected chi connectivity index (χ0v) is 10.9. The monoisotopic (exact) mass is 254 g/mol. The van der Waals surface area contributed by atoms with Crippen molar-refractivity contribution in [3.05, 3.63) is 35.9 Å². The van der Waals surface area contributed by atoms with E-state index in [-0.39, 0.29) is 6.61 Å².